The van der Waals surface area contributed by atoms with Gasteiger partial charge in [-0.25, -0.2) is 9.78 Å². The maximum atomic E-state index is 12.2. The summed E-state index contributed by atoms with van der Waals surface area (Å²) in [5.41, 5.74) is 1.37. The third-order valence-electron chi connectivity index (χ3n) is 4.25. The van der Waals surface area contributed by atoms with Crippen LogP contribution in [-0.2, 0) is 4.74 Å². The number of pyridine rings is 1. The summed E-state index contributed by atoms with van der Waals surface area (Å²) in [5, 5.41) is 1.05. The number of nitrogens with zero attached hydrogens (tertiary/aromatic N) is 2. The molecule has 5 nitrogen and oxygen atoms in total. The first kappa shape index (κ1) is 19.0. The number of amides is 1. The number of hydrogen-bond acceptors (Lipinski definition) is 4. The number of carbonyl (C=O) groups is 1. The molecule has 1 amide bonds. The van der Waals surface area contributed by atoms with Gasteiger partial charge in [0.1, 0.15) is 23.0 Å². The minimum Gasteiger partial charge on any atom is -0.488 e. The number of rotatable bonds is 2. The molecule has 1 aliphatic rings. The maximum absolute atomic E-state index is 12.2. The third-order valence-corrected chi connectivity index (χ3v) is 4.71. The summed E-state index contributed by atoms with van der Waals surface area (Å²) in [6.07, 6.45) is 1.37. The number of aryl methyl sites for hydroxylation is 1. The lowest BCUT2D eigenvalue weighted by molar-refractivity contribution is 0.0127. The summed E-state index contributed by atoms with van der Waals surface area (Å²) in [6.45, 7) is 8.90. The summed E-state index contributed by atoms with van der Waals surface area (Å²) in [5.74, 6) is 0.786. The molecule has 0 bridgehead atoms. The van der Waals surface area contributed by atoms with E-state index in [-0.39, 0.29) is 12.2 Å². The SMILES string of the molecule is Cc1ccc2cc(Br)cc(OC3CCN(C(=O)OC(C)(C)C)CC3)c2n1. The Bertz CT molecular complexity index is 809. The molecule has 140 valence electrons. The molecule has 0 unspecified atom stereocenters. The van der Waals surface area contributed by atoms with Crippen molar-refractivity contribution in [3.05, 3.63) is 34.4 Å². The van der Waals surface area contributed by atoms with Crippen LogP contribution in [0.2, 0.25) is 0 Å². The van der Waals surface area contributed by atoms with Crippen molar-refractivity contribution in [2.24, 2.45) is 0 Å². The molecule has 1 fully saturated rings. The Hall–Kier alpha value is -1.82. The van der Waals surface area contributed by atoms with Gasteiger partial charge in [0.15, 0.2) is 0 Å². The highest BCUT2D eigenvalue weighted by Gasteiger charge is 2.28. The molecule has 2 aromatic rings. The van der Waals surface area contributed by atoms with Gasteiger partial charge >= 0.3 is 6.09 Å². The molecular formula is C20H25BrN2O3. The zero-order valence-corrected chi connectivity index (χ0v) is 17.3. The van der Waals surface area contributed by atoms with Crippen LogP contribution in [0.1, 0.15) is 39.3 Å². The van der Waals surface area contributed by atoms with Gasteiger partial charge in [0, 0.05) is 41.5 Å². The van der Waals surface area contributed by atoms with Crippen molar-refractivity contribution in [1.29, 1.82) is 0 Å². The lowest BCUT2D eigenvalue weighted by Gasteiger charge is -2.33. The Morgan fingerprint density at radius 2 is 1.92 bits per heavy atom. The Morgan fingerprint density at radius 3 is 2.58 bits per heavy atom. The van der Waals surface area contributed by atoms with Gasteiger partial charge in [-0.3, -0.25) is 0 Å². The number of likely N-dealkylation sites (tertiary alicyclic amines) is 1. The molecule has 1 aromatic heterocycles. The van der Waals surface area contributed by atoms with Gasteiger partial charge in [0.2, 0.25) is 0 Å². The van der Waals surface area contributed by atoms with E-state index in [1.807, 2.05) is 45.9 Å². The van der Waals surface area contributed by atoms with Crippen molar-refractivity contribution in [2.45, 2.75) is 52.2 Å². The molecule has 1 aromatic carbocycles. The molecule has 6 heteroatoms. The molecule has 0 atom stereocenters. The second-order valence-electron chi connectivity index (χ2n) is 7.71. The fourth-order valence-electron chi connectivity index (χ4n) is 3.02. The summed E-state index contributed by atoms with van der Waals surface area (Å²) in [7, 11) is 0. The third kappa shape index (κ3) is 4.67. The summed E-state index contributed by atoms with van der Waals surface area (Å²) in [6, 6.07) is 8.06. The van der Waals surface area contributed by atoms with Crippen molar-refractivity contribution in [3.8, 4) is 5.75 Å². The topological polar surface area (TPSA) is 51.7 Å². The molecule has 0 radical (unpaired) electrons. The summed E-state index contributed by atoms with van der Waals surface area (Å²) in [4.78, 5) is 18.6. The van der Waals surface area contributed by atoms with E-state index in [0.717, 1.165) is 39.7 Å². The molecule has 3 rings (SSSR count). The number of halogens is 1. The van der Waals surface area contributed by atoms with E-state index in [1.165, 1.54) is 0 Å². The molecule has 2 heterocycles. The monoisotopic (exact) mass is 420 g/mol. The quantitative estimate of drug-likeness (QED) is 0.679. The predicted molar refractivity (Wildman–Crippen MR) is 106 cm³/mol. The van der Waals surface area contributed by atoms with Gasteiger partial charge in [-0.2, -0.15) is 0 Å². The predicted octanol–water partition coefficient (Wildman–Crippen LogP) is 5.08. The van der Waals surface area contributed by atoms with Gasteiger partial charge in [-0.05, 0) is 45.9 Å². The highest BCUT2D eigenvalue weighted by Crippen LogP contribution is 2.31. The lowest BCUT2D eigenvalue weighted by Crippen LogP contribution is -2.44. The summed E-state index contributed by atoms with van der Waals surface area (Å²) >= 11 is 3.55. The van der Waals surface area contributed by atoms with Crippen LogP contribution in [0.3, 0.4) is 0 Å². The first-order valence-electron chi connectivity index (χ1n) is 8.93. The molecule has 0 aliphatic carbocycles. The van der Waals surface area contributed by atoms with E-state index >= 15 is 0 Å². The van der Waals surface area contributed by atoms with Gasteiger partial charge in [0.05, 0.1) is 0 Å². The van der Waals surface area contributed by atoms with Crippen molar-refractivity contribution >= 4 is 32.9 Å². The lowest BCUT2D eigenvalue weighted by atomic mass is 10.1. The minimum absolute atomic E-state index is 0.0634. The smallest absolute Gasteiger partial charge is 0.410 e. The molecule has 0 saturated carbocycles. The van der Waals surface area contributed by atoms with Crippen LogP contribution in [0, 0.1) is 6.92 Å². The van der Waals surface area contributed by atoms with Crippen LogP contribution >= 0.6 is 15.9 Å². The first-order chi connectivity index (χ1) is 12.2. The van der Waals surface area contributed by atoms with E-state index in [9.17, 15) is 4.79 Å². The van der Waals surface area contributed by atoms with Crippen molar-refractivity contribution in [3.63, 3.8) is 0 Å². The first-order valence-corrected chi connectivity index (χ1v) is 9.72. The normalized spacial score (nSPS) is 16.0. The van der Waals surface area contributed by atoms with Gasteiger partial charge < -0.3 is 14.4 Å². The van der Waals surface area contributed by atoms with Crippen LogP contribution in [-0.4, -0.2) is 40.8 Å². The molecule has 1 saturated heterocycles. The Morgan fingerprint density at radius 1 is 1.23 bits per heavy atom. The minimum atomic E-state index is -0.469. The van der Waals surface area contributed by atoms with Crippen molar-refractivity contribution in [2.75, 3.05) is 13.1 Å². The highest BCUT2D eigenvalue weighted by atomic mass is 79.9. The Balaban J connectivity index is 1.68. The number of fused-ring (bicyclic) bond motifs is 1. The maximum Gasteiger partial charge on any atom is 0.410 e. The van der Waals surface area contributed by atoms with Crippen LogP contribution in [0.15, 0.2) is 28.7 Å². The van der Waals surface area contributed by atoms with Crippen LogP contribution < -0.4 is 4.74 Å². The van der Waals surface area contributed by atoms with E-state index in [4.69, 9.17) is 9.47 Å². The zero-order chi connectivity index (χ0) is 18.9. The van der Waals surface area contributed by atoms with Crippen molar-refractivity contribution < 1.29 is 14.3 Å². The van der Waals surface area contributed by atoms with E-state index in [0.29, 0.717) is 13.1 Å². The largest absolute Gasteiger partial charge is 0.488 e. The van der Waals surface area contributed by atoms with Crippen LogP contribution in [0.25, 0.3) is 10.9 Å². The second-order valence-corrected chi connectivity index (χ2v) is 8.63. The average molecular weight is 421 g/mol. The average Bonchev–Trinajstić information content (AvgIpc) is 2.54. The Kier molecular flexibility index (Phi) is 5.42. The molecule has 1 aliphatic heterocycles. The number of piperidine rings is 1. The van der Waals surface area contributed by atoms with Gasteiger partial charge in [-0.15, -0.1) is 0 Å². The zero-order valence-electron chi connectivity index (χ0n) is 15.7. The van der Waals surface area contributed by atoms with Gasteiger partial charge in [-0.1, -0.05) is 22.0 Å². The fourth-order valence-corrected chi connectivity index (χ4v) is 3.47. The van der Waals surface area contributed by atoms with Gasteiger partial charge in [0.25, 0.3) is 0 Å². The van der Waals surface area contributed by atoms with Crippen LogP contribution in [0.4, 0.5) is 4.79 Å². The standard InChI is InChI=1S/C20H25BrN2O3/c1-13-5-6-14-11-15(21)12-17(18(14)22-13)25-16-7-9-23(10-8-16)19(24)26-20(2,3)4/h5-6,11-12,16H,7-10H2,1-4H3. The van der Waals surface area contributed by atoms with Crippen molar-refractivity contribution in [1.82, 2.24) is 9.88 Å². The molecule has 26 heavy (non-hydrogen) atoms. The number of carbonyl (C=O) groups excluding carboxylic acids is 1. The molecule has 0 spiro atoms. The summed E-state index contributed by atoms with van der Waals surface area (Å²) < 4.78 is 12.7. The highest BCUT2D eigenvalue weighted by molar-refractivity contribution is 9.10. The van der Waals surface area contributed by atoms with Crippen LogP contribution in [0.5, 0.6) is 5.75 Å². The number of aromatic nitrogens is 1. The van der Waals surface area contributed by atoms with E-state index in [1.54, 1.807) is 4.90 Å². The van der Waals surface area contributed by atoms with E-state index < -0.39 is 5.60 Å². The Labute approximate surface area is 162 Å². The number of hydrogen-bond donors (Lipinski definition) is 0. The fraction of sp³-hybridized carbons (Fsp3) is 0.500. The second kappa shape index (κ2) is 7.43. The number of benzene rings is 1. The molecular weight excluding hydrogens is 396 g/mol. The number of ether oxygens (including phenoxy) is 2. The molecule has 0 N–H and O–H groups in total. The van der Waals surface area contributed by atoms with E-state index in [2.05, 4.69) is 27.0 Å².